The van der Waals surface area contributed by atoms with Gasteiger partial charge in [-0.25, -0.2) is 4.39 Å². The molecular formula is C22H16BrFN2O2S. The molecule has 29 heavy (non-hydrogen) atoms. The highest BCUT2D eigenvalue weighted by atomic mass is 79.9. The number of halogens is 2. The molecule has 0 radical (unpaired) electrons. The van der Waals surface area contributed by atoms with Crippen molar-refractivity contribution in [2.75, 3.05) is 16.0 Å². The van der Waals surface area contributed by atoms with E-state index < -0.39 is 5.82 Å². The van der Waals surface area contributed by atoms with Crippen molar-refractivity contribution in [1.82, 2.24) is 0 Å². The van der Waals surface area contributed by atoms with Crippen LogP contribution in [-0.4, -0.2) is 17.6 Å². The summed E-state index contributed by atoms with van der Waals surface area (Å²) in [6.07, 6.45) is 0. The monoisotopic (exact) mass is 470 g/mol. The van der Waals surface area contributed by atoms with Crippen LogP contribution in [0, 0.1) is 5.82 Å². The van der Waals surface area contributed by atoms with E-state index in [1.807, 2.05) is 18.2 Å². The first-order chi connectivity index (χ1) is 14.0. The van der Waals surface area contributed by atoms with Gasteiger partial charge in [0.05, 0.1) is 11.4 Å². The Bertz CT molecular complexity index is 1070. The van der Waals surface area contributed by atoms with Gasteiger partial charge in [-0.3, -0.25) is 14.5 Å². The molecule has 1 fully saturated rings. The van der Waals surface area contributed by atoms with Crippen LogP contribution in [0.5, 0.6) is 0 Å². The third kappa shape index (κ3) is 4.21. The molecule has 1 saturated heterocycles. The molecule has 3 aromatic carbocycles. The van der Waals surface area contributed by atoms with Crippen LogP contribution < -0.4 is 10.2 Å². The molecule has 0 spiro atoms. The zero-order valence-corrected chi connectivity index (χ0v) is 17.5. The van der Waals surface area contributed by atoms with Crippen LogP contribution in [0.15, 0.2) is 77.3 Å². The highest BCUT2D eigenvalue weighted by Crippen LogP contribution is 2.43. The molecule has 1 heterocycles. The lowest BCUT2D eigenvalue weighted by molar-refractivity contribution is -0.115. The average molecular weight is 471 g/mol. The maximum Gasteiger partial charge on any atom is 0.255 e. The van der Waals surface area contributed by atoms with Gasteiger partial charge in [0.25, 0.3) is 5.91 Å². The second-order valence-corrected chi connectivity index (χ2v) is 8.45. The Balaban J connectivity index is 1.59. The van der Waals surface area contributed by atoms with Gasteiger partial charge in [0.15, 0.2) is 0 Å². The topological polar surface area (TPSA) is 49.4 Å². The summed E-state index contributed by atoms with van der Waals surface area (Å²) in [6, 6.07) is 20.6. The highest BCUT2D eigenvalue weighted by molar-refractivity contribution is 9.10. The van der Waals surface area contributed by atoms with E-state index >= 15 is 0 Å². The zero-order chi connectivity index (χ0) is 20.4. The van der Waals surface area contributed by atoms with Crippen molar-refractivity contribution in [3.63, 3.8) is 0 Å². The van der Waals surface area contributed by atoms with Gasteiger partial charge in [0, 0.05) is 15.7 Å². The van der Waals surface area contributed by atoms with Gasteiger partial charge < -0.3 is 5.32 Å². The molecule has 0 aromatic heterocycles. The summed E-state index contributed by atoms with van der Waals surface area (Å²) in [5.74, 6) is -0.535. The quantitative estimate of drug-likeness (QED) is 0.538. The molecule has 1 aliphatic heterocycles. The fraction of sp³-hybridized carbons (Fsp3) is 0.0909. The minimum atomic E-state index is -0.437. The van der Waals surface area contributed by atoms with E-state index in [-0.39, 0.29) is 28.6 Å². The summed E-state index contributed by atoms with van der Waals surface area (Å²) >= 11 is 4.78. The summed E-state index contributed by atoms with van der Waals surface area (Å²) in [4.78, 5) is 26.4. The van der Waals surface area contributed by atoms with E-state index in [4.69, 9.17) is 0 Å². The maximum absolute atomic E-state index is 14.3. The molecule has 7 heteroatoms. The standard InChI is InChI=1S/C22H16BrFN2O2S/c23-16-10-8-14(9-11-16)21(28)25-17-5-3-4-15(12-17)22-26(20(27)13-29-22)19-7-2-1-6-18(19)24/h1-12,22H,13H2,(H,25,28). The highest BCUT2D eigenvalue weighted by Gasteiger charge is 2.35. The Labute approximate surface area is 180 Å². The van der Waals surface area contributed by atoms with Gasteiger partial charge in [-0.2, -0.15) is 0 Å². The number of nitrogens with zero attached hydrogens (tertiary/aromatic N) is 1. The van der Waals surface area contributed by atoms with E-state index in [1.54, 1.807) is 48.5 Å². The molecule has 4 nitrogen and oxygen atoms in total. The van der Waals surface area contributed by atoms with Crippen molar-refractivity contribution in [1.29, 1.82) is 0 Å². The van der Waals surface area contributed by atoms with Crippen LogP contribution in [0.2, 0.25) is 0 Å². The van der Waals surface area contributed by atoms with Gasteiger partial charge in [-0.1, -0.05) is 40.2 Å². The summed E-state index contributed by atoms with van der Waals surface area (Å²) in [6.45, 7) is 0. The summed E-state index contributed by atoms with van der Waals surface area (Å²) in [5, 5.41) is 2.52. The number of carbonyl (C=O) groups excluding carboxylic acids is 2. The molecule has 0 aliphatic carbocycles. The predicted octanol–water partition coefficient (Wildman–Crippen LogP) is 5.62. The number of amides is 2. The van der Waals surface area contributed by atoms with Gasteiger partial charge in [0.1, 0.15) is 11.2 Å². The van der Waals surface area contributed by atoms with Crippen molar-refractivity contribution in [3.05, 3.63) is 94.2 Å². The Kier molecular flexibility index (Phi) is 5.69. The molecule has 1 aliphatic rings. The van der Waals surface area contributed by atoms with E-state index in [0.29, 0.717) is 11.3 Å². The van der Waals surface area contributed by atoms with Crippen LogP contribution in [0.1, 0.15) is 21.3 Å². The lowest BCUT2D eigenvalue weighted by atomic mass is 10.1. The Hall–Kier alpha value is -2.64. The van der Waals surface area contributed by atoms with Crippen molar-refractivity contribution >= 4 is 50.9 Å². The normalized spacial score (nSPS) is 16.1. The Morgan fingerprint density at radius 2 is 1.83 bits per heavy atom. The van der Waals surface area contributed by atoms with Gasteiger partial charge in [0.2, 0.25) is 5.91 Å². The SMILES string of the molecule is O=C(Nc1cccc(C2SCC(=O)N2c2ccccc2F)c1)c1ccc(Br)cc1. The minimum absolute atomic E-state index is 0.144. The Morgan fingerprint density at radius 1 is 1.07 bits per heavy atom. The second kappa shape index (κ2) is 8.39. The number of rotatable bonds is 4. The number of para-hydroxylation sites is 1. The molecule has 3 aromatic rings. The first-order valence-electron chi connectivity index (χ1n) is 8.88. The number of hydrogen-bond acceptors (Lipinski definition) is 3. The van der Waals surface area contributed by atoms with E-state index in [2.05, 4.69) is 21.2 Å². The first-order valence-corrected chi connectivity index (χ1v) is 10.7. The lowest BCUT2D eigenvalue weighted by Gasteiger charge is -2.25. The van der Waals surface area contributed by atoms with Crippen molar-refractivity contribution < 1.29 is 14.0 Å². The van der Waals surface area contributed by atoms with Crippen molar-refractivity contribution in [2.24, 2.45) is 0 Å². The largest absolute Gasteiger partial charge is 0.322 e. The van der Waals surface area contributed by atoms with Crippen LogP contribution in [-0.2, 0) is 4.79 Å². The van der Waals surface area contributed by atoms with Crippen LogP contribution in [0.25, 0.3) is 0 Å². The second-order valence-electron chi connectivity index (χ2n) is 6.46. The number of nitrogens with one attached hydrogen (secondary N) is 1. The van der Waals surface area contributed by atoms with Crippen molar-refractivity contribution in [3.8, 4) is 0 Å². The molecule has 0 saturated carbocycles. The number of benzene rings is 3. The molecule has 1 unspecified atom stereocenters. The van der Waals surface area contributed by atoms with Crippen LogP contribution in [0.4, 0.5) is 15.8 Å². The first kappa shape index (κ1) is 19.7. The van der Waals surface area contributed by atoms with Gasteiger partial charge in [-0.15, -0.1) is 11.8 Å². The smallest absolute Gasteiger partial charge is 0.255 e. The molecule has 0 bridgehead atoms. The van der Waals surface area contributed by atoms with Crippen LogP contribution >= 0.6 is 27.7 Å². The fourth-order valence-corrected chi connectivity index (χ4v) is 4.58. The van der Waals surface area contributed by atoms with E-state index in [0.717, 1.165) is 10.0 Å². The molecule has 2 amide bonds. The van der Waals surface area contributed by atoms with Gasteiger partial charge >= 0.3 is 0 Å². The Morgan fingerprint density at radius 3 is 2.59 bits per heavy atom. The van der Waals surface area contributed by atoms with Gasteiger partial charge in [-0.05, 0) is 54.1 Å². The third-order valence-electron chi connectivity index (χ3n) is 4.52. The summed E-state index contributed by atoms with van der Waals surface area (Å²) in [7, 11) is 0. The number of anilines is 2. The zero-order valence-electron chi connectivity index (χ0n) is 15.1. The number of hydrogen-bond donors (Lipinski definition) is 1. The summed E-state index contributed by atoms with van der Waals surface area (Å²) < 4.78 is 15.2. The number of thioether (sulfide) groups is 1. The molecular weight excluding hydrogens is 455 g/mol. The fourth-order valence-electron chi connectivity index (χ4n) is 3.15. The lowest BCUT2D eigenvalue weighted by Crippen LogP contribution is -2.28. The van der Waals surface area contributed by atoms with E-state index in [1.165, 1.54) is 22.7 Å². The van der Waals surface area contributed by atoms with Crippen LogP contribution in [0.3, 0.4) is 0 Å². The third-order valence-corrected chi connectivity index (χ3v) is 6.26. The number of carbonyl (C=O) groups is 2. The predicted molar refractivity (Wildman–Crippen MR) is 118 cm³/mol. The molecule has 4 rings (SSSR count). The summed E-state index contributed by atoms with van der Waals surface area (Å²) in [5.41, 5.74) is 2.23. The molecule has 146 valence electrons. The van der Waals surface area contributed by atoms with E-state index in [9.17, 15) is 14.0 Å². The molecule has 1 atom stereocenters. The molecule has 1 N–H and O–H groups in total. The average Bonchev–Trinajstić information content (AvgIpc) is 3.10. The maximum atomic E-state index is 14.3. The van der Waals surface area contributed by atoms with Crippen molar-refractivity contribution in [2.45, 2.75) is 5.37 Å². The minimum Gasteiger partial charge on any atom is -0.322 e.